The summed E-state index contributed by atoms with van der Waals surface area (Å²) < 4.78 is 34.9. The molecule has 0 aliphatic rings. The van der Waals surface area contributed by atoms with Crippen molar-refractivity contribution >= 4 is 15.9 Å². The Morgan fingerprint density at radius 2 is 1.50 bits per heavy atom. The van der Waals surface area contributed by atoms with Crippen molar-refractivity contribution in [1.82, 2.24) is 5.32 Å². The van der Waals surface area contributed by atoms with Gasteiger partial charge in [0.2, 0.25) is 5.78 Å². The Bertz CT molecular complexity index is 1130. The molecule has 6 nitrogen and oxygen atoms in total. The Morgan fingerprint density at radius 3 is 2.06 bits per heavy atom. The summed E-state index contributed by atoms with van der Waals surface area (Å²) in [7, 11) is -3.92. The van der Waals surface area contributed by atoms with Crippen LogP contribution in [0.5, 0.6) is 5.75 Å². The van der Waals surface area contributed by atoms with Crippen LogP contribution in [0.4, 0.5) is 0 Å². The molecule has 0 unspecified atom stereocenters. The van der Waals surface area contributed by atoms with Crippen LogP contribution in [0.1, 0.15) is 41.4 Å². The average Bonchev–Trinajstić information content (AvgIpc) is 2.77. The van der Waals surface area contributed by atoms with Crippen molar-refractivity contribution in [3.63, 3.8) is 0 Å². The highest BCUT2D eigenvalue weighted by molar-refractivity contribution is 7.86. The molecule has 0 aliphatic carbocycles. The SMILES string of the molecule is C[C@@H](N[C@@](C)(OS(C)(=O)=O)C(=O)c1ccc(OCc2ccccc2)cc1)c1ccccc1. The minimum absolute atomic E-state index is 0.302. The van der Waals surface area contributed by atoms with E-state index in [9.17, 15) is 13.2 Å². The summed E-state index contributed by atoms with van der Waals surface area (Å²) in [4.78, 5) is 13.3. The molecule has 3 aromatic carbocycles. The van der Waals surface area contributed by atoms with E-state index in [4.69, 9.17) is 8.92 Å². The Hall–Kier alpha value is -3.00. The normalized spacial score (nSPS) is 14.3. The van der Waals surface area contributed by atoms with Crippen molar-refractivity contribution in [2.75, 3.05) is 6.26 Å². The molecule has 2 atom stereocenters. The zero-order chi connectivity index (χ0) is 23.2. The molecule has 0 radical (unpaired) electrons. The largest absolute Gasteiger partial charge is 0.489 e. The van der Waals surface area contributed by atoms with Crippen molar-refractivity contribution in [2.24, 2.45) is 0 Å². The second-order valence-corrected chi connectivity index (χ2v) is 9.30. The van der Waals surface area contributed by atoms with Crippen molar-refractivity contribution in [3.8, 4) is 5.75 Å². The third kappa shape index (κ3) is 6.50. The standard InChI is InChI=1S/C25H27NO5S/c1-19(21-12-8-5-9-13-21)26-25(2,31-32(3,28)29)24(27)22-14-16-23(17-15-22)30-18-20-10-6-4-7-11-20/h4-17,19,26H,18H2,1-3H3/t19-,25+/m1/s1. The lowest BCUT2D eigenvalue weighted by atomic mass is 9.99. The Kier molecular flexibility index (Phi) is 7.45. The Balaban J connectivity index is 1.77. The lowest BCUT2D eigenvalue weighted by molar-refractivity contribution is 0.0358. The first kappa shape index (κ1) is 23.7. The van der Waals surface area contributed by atoms with E-state index < -0.39 is 21.6 Å². The Morgan fingerprint density at radius 1 is 0.938 bits per heavy atom. The highest BCUT2D eigenvalue weighted by Crippen LogP contribution is 2.24. The van der Waals surface area contributed by atoms with E-state index in [1.54, 1.807) is 24.3 Å². The van der Waals surface area contributed by atoms with Crippen molar-refractivity contribution in [1.29, 1.82) is 0 Å². The molecule has 0 aromatic heterocycles. The molecule has 32 heavy (non-hydrogen) atoms. The van der Waals surface area contributed by atoms with Gasteiger partial charge in [0.15, 0.2) is 5.72 Å². The lowest BCUT2D eigenvalue weighted by Gasteiger charge is -2.31. The van der Waals surface area contributed by atoms with Gasteiger partial charge in [0.25, 0.3) is 10.1 Å². The van der Waals surface area contributed by atoms with Gasteiger partial charge in [-0.2, -0.15) is 8.42 Å². The number of carbonyl (C=O) groups excluding carboxylic acids is 1. The average molecular weight is 454 g/mol. The monoisotopic (exact) mass is 453 g/mol. The van der Waals surface area contributed by atoms with Crippen LogP contribution in [-0.4, -0.2) is 26.2 Å². The van der Waals surface area contributed by atoms with E-state index in [0.29, 0.717) is 17.9 Å². The highest BCUT2D eigenvalue weighted by atomic mass is 32.2. The molecule has 7 heteroatoms. The van der Waals surface area contributed by atoms with E-state index in [2.05, 4.69) is 5.32 Å². The number of hydrogen-bond acceptors (Lipinski definition) is 6. The molecule has 0 spiro atoms. The number of ether oxygens (including phenoxy) is 1. The van der Waals surface area contributed by atoms with Crippen LogP contribution in [0, 0.1) is 0 Å². The summed E-state index contributed by atoms with van der Waals surface area (Å²) in [6, 6.07) is 25.4. The zero-order valence-corrected chi connectivity index (χ0v) is 19.1. The van der Waals surface area contributed by atoms with Crippen LogP contribution in [0.15, 0.2) is 84.9 Å². The number of rotatable bonds is 10. The fourth-order valence-corrected chi connectivity index (χ4v) is 4.12. The van der Waals surface area contributed by atoms with Crippen molar-refractivity contribution in [3.05, 3.63) is 102 Å². The molecule has 0 fully saturated rings. The second kappa shape index (κ2) is 10.1. The molecule has 3 rings (SSSR count). The quantitative estimate of drug-likeness (QED) is 0.277. The van der Waals surface area contributed by atoms with Gasteiger partial charge in [-0.05, 0) is 49.2 Å². The molecule has 0 saturated carbocycles. The summed E-state index contributed by atoms with van der Waals surface area (Å²) in [6.07, 6.45) is 0.925. The van der Waals surface area contributed by atoms with Gasteiger partial charge in [-0.25, -0.2) is 4.18 Å². The van der Waals surface area contributed by atoms with Gasteiger partial charge in [0, 0.05) is 11.6 Å². The molecule has 0 heterocycles. The number of benzene rings is 3. The molecule has 0 saturated heterocycles. The molecule has 0 bridgehead atoms. The summed E-state index contributed by atoms with van der Waals surface area (Å²) in [5, 5.41) is 3.04. The number of hydrogen-bond donors (Lipinski definition) is 1. The van der Waals surface area contributed by atoms with Gasteiger partial charge in [0.05, 0.1) is 6.26 Å². The third-order valence-electron chi connectivity index (χ3n) is 4.91. The van der Waals surface area contributed by atoms with Gasteiger partial charge in [-0.15, -0.1) is 0 Å². The molecule has 1 N–H and O–H groups in total. The fraction of sp³-hybridized carbons (Fsp3) is 0.240. The molecule has 0 amide bonds. The number of Topliss-reactive ketones (excluding diaryl/α,β-unsaturated/α-hetero) is 1. The van der Waals surface area contributed by atoms with Crippen LogP contribution in [0.3, 0.4) is 0 Å². The van der Waals surface area contributed by atoms with Gasteiger partial charge in [-0.3, -0.25) is 10.1 Å². The molecular weight excluding hydrogens is 426 g/mol. The van der Waals surface area contributed by atoms with E-state index in [1.165, 1.54) is 6.92 Å². The van der Waals surface area contributed by atoms with Crippen LogP contribution < -0.4 is 10.1 Å². The Labute approximate surface area is 189 Å². The van der Waals surface area contributed by atoms with E-state index in [1.807, 2.05) is 67.6 Å². The predicted molar refractivity (Wildman–Crippen MR) is 124 cm³/mol. The van der Waals surface area contributed by atoms with E-state index >= 15 is 0 Å². The first-order chi connectivity index (χ1) is 15.2. The third-order valence-corrected chi connectivity index (χ3v) is 5.54. The topological polar surface area (TPSA) is 81.7 Å². The van der Waals surface area contributed by atoms with E-state index in [-0.39, 0.29) is 6.04 Å². The second-order valence-electron chi connectivity index (χ2n) is 7.73. The van der Waals surface area contributed by atoms with Gasteiger partial charge >= 0.3 is 0 Å². The van der Waals surface area contributed by atoms with Crippen LogP contribution in [-0.2, 0) is 20.9 Å². The smallest absolute Gasteiger partial charge is 0.266 e. The first-order valence-electron chi connectivity index (χ1n) is 10.2. The first-order valence-corrected chi connectivity index (χ1v) is 12.0. The minimum atomic E-state index is -3.92. The van der Waals surface area contributed by atoms with Crippen LogP contribution >= 0.6 is 0 Å². The van der Waals surface area contributed by atoms with Gasteiger partial charge in [-0.1, -0.05) is 60.7 Å². The maximum absolute atomic E-state index is 13.3. The summed E-state index contributed by atoms with van der Waals surface area (Å²) >= 11 is 0. The van der Waals surface area contributed by atoms with E-state index in [0.717, 1.165) is 17.4 Å². The maximum Gasteiger partial charge on any atom is 0.266 e. The van der Waals surface area contributed by atoms with Crippen molar-refractivity contribution in [2.45, 2.75) is 32.2 Å². The predicted octanol–water partition coefficient (Wildman–Crippen LogP) is 4.49. The zero-order valence-electron chi connectivity index (χ0n) is 18.3. The van der Waals surface area contributed by atoms with Crippen LogP contribution in [0.2, 0.25) is 0 Å². The maximum atomic E-state index is 13.3. The van der Waals surface area contributed by atoms with Crippen LogP contribution in [0.25, 0.3) is 0 Å². The fourth-order valence-electron chi connectivity index (χ4n) is 3.39. The molecule has 3 aromatic rings. The highest BCUT2D eigenvalue weighted by Gasteiger charge is 2.39. The van der Waals surface area contributed by atoms with Gasteiger partial charge in [0.1, 0.15) is 12.4 Å². The lowest BCUT2D eigenvalue weighted by Crippen LogP contribution is -2.53. The summed E-state index contributed by atoms with van der Waals surface area (Å²) in [5.74, 6) is 0.0991. The van der Waals surface area contributed by atoms with Crippen molar-refractivity contribution < 1.29 is 22.1 Å². The molecular formula is C25H27NO5S. The molecule has 0 aliphatic heterocycles. The number of ketones is 1. The number of nitrogens with one attached hydrogen (secondary N) is 1. The minimum Gasteiger partial charge on any atom is -0.489 e. The summed E-state index contributed by atoms with van der Waals surface area (Å²) in [5.41, 5.74) is 0.444. The van der Waals surface area contributed by atoms with Gasteiger partial charge < -0.3 is 4.74 Å². The molecule has 168 valence electrons. The number of carbonyl (C=O) groups is 1. The summed E-state index contributed by atoms with van der Waals surface area (Å²) in [6.45, 7) is 3.67.